The molecule has 0 aromatic rings. The zero-order valence-electron chi connectivity index (χ0n) is 2.49. The fraction of sp³-hybridized carbons (Fsp3) is 0. The van der Waals surface area contributed by atoms with Crippen LogP contribution >= 0.6 is 29.7 Å². The van der Waals surface area contributed by atoms with Gasteiger partial charge in [0.05, 0.1) is 0 Å². The molecule has 2 nitrogen and oxygen atoms in total. The quantitative estimate of drug-likeness (QED) is 0.713. The van der Waals surface area contributed by atoms with Crippen molar-refractivity contribution in [3.05, 3.63) is 0 Å². The Kier molecular flexibility index (Phi) is 3.53. The average molecular weight is 258 g/mol. The number of halogens is 3. The molecule has 0 aliphatic heterocycles. The molecule has 0 fully saturated rings. The summed E-state index contributed by atoms with van der Waals surface area (Å²) in [7, 11) is 9.79. The number of hydrogen-bond acceptors (Lipinski definition) is 2. The molecule has 0 amide bonds. The van der Waals surface area contributed by atoms with Crippen LogP contribution in [-0.4, -0.2) is 20.4 Å². The van der Waals surface area contributed by atoms with E-state index in [1.807, 2.05) is 0 Å². The maximum atomic E-state index is 8.21. The molecule has 0 atom stereocenters. The summed E-state index contributed by atoms with van der Waals surface area (Å²) in [5, 5.41) is 0. The molecule has 0 aromatic carbocycles. The van der Waals surface area contributed by atoms with Crippen LogP contribution in [-0.2, 0) is 2.63 Å². The van der Waals surface area contributed by atoms with Gasteiger partial charge in [0.1, 0.15) is 0 Å². The van der Waals surface area contributed by atoms with Gasteiger partial charge in [-0.05, 0) is 0 Å². The van der Waals surface area contributed by atoms with Crippen LogP contribution in [0.15, 0.2) is 0 Å². The van der Waals surface area contributed by atoms with E-state index in [0.717, 1.165) is 0 Å². The molecule has 6 heavy (non-hydrogen) atoms. The Morgan fingerprint density at radius 2 is 1.67 bits per heavy atom. The third-order valence-corrected chi connectivity index (χ3v) is 4.22. The normalized spacial score (nSPS) is 12.0. The summed E-state index contributed by atoms with van der Waals surface area (Å²) < 4.78 is 11.9. The third-order valence-electron chi connectivity index (χ3n) is 0.0928. The second-order valence-electron chi connectivity index (χ2n) is 0.563. The summed E-state index contributed by atoms with van der Waals surface area (Å²) in [6.07, 6.45) is 0. The average Bonchev–Trinajstić information content (AvgIpc) is 1.35. The molecule has 0 saturated heterocycles. The van der Waals surface area contributed by atoms with E-state index < -0.39 is 17.0 Å². The molecule has 6 heteroatoms. The van der Waals surface area contributed by atoms with E-state index in [1.54, 1.807) is 0 Å². The van der Waals surface area contributed by atoms with E-state index in [-0.39, 0.29) is 0 Å². The monoisotopic (exact) mass is 258 g/mol. The summed E-state index contributed by atoms with van der Waals surface area (Å²) in [6.45, 7) is 0. The van der Waals surface area contributed by atoms with Crippen molar-refractivity contribution in [1.29, 1.82) is 0 Å². The Morgan fingerprint density at radius 1 is 1.50 bits per heavy atom. The molecule has 38 valence electrons. The first kappa shape index (κ1) is 7.59. The van der Waals surface area contributed by atoms with Gasteiger partial charge >= 0.3 is 52.7 Å². The summed E-state index contributed by atoms with van der Waals surface area (Å²) in [4.78, 5) is 0. The summed E-state index contributed by atoms with van der Waals surface area (Å²) in [5.41, 5.74) is 0. The zero-order chi connectivity index (χ0) is 5.21. The van der Waals surface area contributed by atoms with Gasteiger partial charge in [-0.25, -0.2) is 0 Å². The van der Waals surface area contributed by atoms with Gasteiger partial charge in [-0.15, -0.1) is 0 Å². The van der Waals surface area contributed by atoms with E-state index >= 15 is 0 Å². The molecular weight excluding hydrogens is 257 g/mol. The first-order valence-electron chi connectivity index (χ1n) is 0.960. The van der Waals surface area contributed by atoms with Gasteiger partial charge in [-0.3, -0.25) is 0 Å². The predicted octanol–water partition coefficient (Wildman–Crippen LogP) is 1.06. The van der Waals surface area contributed by atoms with E-state index in [0.29, 0.717) is 0 Å². The number of rotatable bonds is 1. The molecule has 0 radical (unpaired) electrons. The first-order valence-corrected chi connectivity index (χ1v) is 10.9. The van der Waals surface area contributed by atoms with Gasteiger partial charge in [-0.1, -0.05) is 0 Å². The Labute approximate surface area is 52.5 Å². The van der Waals surface area contributed by atoms with Crippen molar-refractivity contribution in [2.24, 2.45) is 0 Å². The second kappa shape index (κ2) is 2.79. The Morgan fingerprint density at radius 3 is 1.67 bits per heavy atom. The fourth-order valence-electron chi connectivity index (χ4n) is 0. The van der Waals surface area contributed by atoms with E-state index in [1.165, 1.54) is 0 Å². The van der Waals surface area contributed by atoms with Crippen molar-refractivity contribution >= 4 is 46.7 Å². The van der Waals surface area contributed by atoms with Crippen LogP contribution in [0.5, 0.6) is 0 Å². The first-order chi connectivity index (χ1) is 2.56. The SMILES string of the molecule is [OH][Sn]([Cl])([Cl])[O]Cl. The molecule has 0 aliphatic rings. The van der Waals surface area contributed by atoms with Crippen LogP contribution in [0, 0.1) is 0 Å². The van der Waals surface area contributed by atoms with Crippen molar-refractivity contribution in [3.8, 4) is 0 Å². The second-order valence-corrected chi connectivity index (χ2v) is 13.0. The van der Waals surface area contributed by atoms with Gasteiger partial charge in [-0.2, -0.15) is 0 Å². The van der Waals surface area contributed by atoms with E-state index in [4.69, 9.17) is 21.3 Å². The summed E-state index contributed by atoms with van der Waals surface area (Å²) in [6, 6.07) is 0. The Balaban J connectivity index is 3.17. The van der Waals surface area contributed by atoms with Crippen LogP contribution in [0.25, 0.3) is 0 Å². The molecule has 0 rings (SSSR count). The molecule has 0 saturated carbocycles. The Hall–Kier alpha value is 1.59. The van der Waals surface area contributed by atoms with E-state index in [2.05, 4.69) is 14.5 Å². The van der Waals surface area contributed by atoms with Crippen LogP contribution in [0.4, 0.5) is 0 Å². The molecule has 1 N–H and O–H groups in total. The maximum absolute atomic E-state index is 8.21. The van der Waals surface area contributed by atoms with Crippen LogP contribution < -0.4 is 0 Å². The van der Waals surface area contributed by atoms with Crippen molar-refractivity contribution in [2.45, 2.75) is 0 Å². The molecule has 0 unspecified atom stereocenters. The van der Waals surface area contributed by atoms with Gasteiger partial charge in [0.25, 0.3) is 0 Å². The summed E-state index contributed by atoms with van der Waals surface area (Å²) >= 11 is 0.535. The van der Waals surface area contributed by atoms with Crippen molar-refractivity contribution in [2.75, 3.05) is 0 Å². The minimum absolute atomic E-state index is 3.71. The van der Waals surface area contributed by atoms with Crippen molar-refractivity contribution in [3.63, 3.8) is 0 Å². The third kappa shape index (κ3) is 5.59. The van der Waals surface area contributed by atoms with Gasteiger partial charge < -0.3 is 0 Å². The van der Waals surface area contributed by atoms with Crippen LogP contribution in [0.1, 0.15) is 0 Å². The molecular formula is HCl3O2Sn. The van der Waals surface area contributed by atoms with Crippen molar-refractivity contribution in [1.82, 2.24) is 0 Å². The molecule has 0 spiro atoms. The van der Waals surface area contributed by atoms with Gasteiger partial charge in [0, 0.05) is 0 Å². The van der Waals surface area contributed by atoms with Crippen molar-refractivity contribution < 1.29 is 6.07 Å². The molecule has 0 heterocycles. The topological polar surface area (TPSA) is 29.5 Å². The predicted molar refractivity (Wildman–Crippen MR) is 26.6 cm³/mol. The van der Waals surface area contributed by atoms with E-state index in [9.17, 15) is 0 Å². The van der Waals surface area contributed by atoms with Gasteiger partial charge in [0.2, 0.25) is 0 Å². The standard InChI is InChI=1S/ClO.2ClH.H2O.Sn/c1-2;;;;/h;2*1H;1H2;/q-1;;;;+4/p-3. The van der Waals surface area contributed by atoms with Crippen LogP contribution in [0.2, 0.25) is 0 Å². The summed E-state index contributed by atoms with van der Waals surface area (Å²) in [5.74, 6) is 0. The molecule has 0 aromatic heterocycles. The minimum atomic E-state index is -4.02. The van der Waals surface area contributed by atoms with Gasteiger partial charge in [0.15, 0.2) is 0 Å². The molecule has 0 bridgehead atoms. The molecule has 0 aliphatic carbocycles. The van der Waals surface area contributed by atoms with Crippen LogP contribution in [0.3, 0.4) is 0 Å². The Bertz CT molecular complexity index is 38.5. The zero-order valence-corrected chi connectivity index (χ0v) is 7.61. The number of hydrogen-bond donors (Lipinski definition) is 1. The fourth-order valence-corrected chi connectivity index (χ4v) is 0.